The van der Waals surface area contributed by atoms with Crippen LogP contribution >= 0.6 is 0 Å². The molecule has 3 heteroatoms. The maximum Gasteiger partial charge on any atom is 0.0615 e. The third-order valence-electron chi connectivity index (χ3n) is 3.42. The van der Waals surface area contributed by atoms with Crippen LogP contribution in [-0.2, 0) is 4.74 Å². The molecule has 0 aromatic rings. The molecule has 2 rings (SSSR count). The molecule has 76 valence electrons. The molecule has 2 fully saturated rings. The summed E-state index contributed by atoms with van der Waals surface area (Å²) < 4.78 is 5.12. The first-order valence-corrected chi connectivity index (χ1v) is 5.17. The Morgan fingerprint density at radius 3 is 2.62 bits per heavy atom. The van der Waals surface area contributed by atoms with Gasteiger partial charge in [0.05, 0.1) is 6.61 Å². The van der Waals surface area contributed by atoms with Crippen molar-refractivity contribution in [3.63, 3.8) is 0 Å². The number of methoxy groups -OCH3 is 1. The van der Waals surface area contributed by atoms with Crippen molar-refractivity contribution in [3.05, 3.63) is 0 Å². The normalized spacial score (nSPS) is 29.8. The second kappa shape index (κ2) is 3.23. The zero-order valence-corrected chi connectivity index (χ0v) is 8.62. The van der Waals surface area contributed by atoms with Crippen LogP contribution in [0.25, 0.3) is 0 Å². The number of nitrogens with two attached hydrogens (primary N) is 1. The Balaban J connectivity index is 1.76. The van der Waals surface area contributed by atoms with Gasteiger partial charge in [-0.3, -0.25) is 4.90 Å². The molecule has 1 aliphatic carbocycles. The Morgan fingerprint density at radius 1 is 1.54 bits per heavy atom. The molecule has 0 aromatic carbocycles. The Bertz CT molecular complexity index is 185. The third-order valence-corrected chi connectivity index (χ3v) is 3.42. The quantitative estimate of drug-likeness (QED) is 0.689. The summed E-state index contributed by atoms with van der Waals surface area (Å²) in [5.74, 6) is 0.818. The highest BCUT2D eigenvalue weighted by Gasteiger charge is 2.50. The maximum atomic E-state index is 6.25. The number of nitrogens with zero attached hydrogens (tertiary/aromatic N) is 1. The van der Waals surface area contributed by atoms with E-state index in [9.17, 15) is 0 Å². The summed E-state index contributed by atoms with van der Waals surface area (Å²) in [5, 5.41) is 0. The summed E-state index contributed by atoms with van der Waals surface area (Å²) in [6.07, 6.45) is 2.70. The van der Waals surface area contributed by atoms with Crippen molar-refractivity contribution in [3.8, 4) is 0 Å². The number of hydrogen-bond donors (Lipinski definition) is 1. The predicted molar refractivity (Wildman–Crippen MR) is 52.6 cm³/mol. The smallest absolute Gasteiger partial charge is 0.0615 e. The van der Waals surface area contributed by atoms with E-state index in [4.69, 9.17) is 10.5 Å². The first-order chi connectivity index (χ1) is 6.15. The van der Waals surface area contributed by atoms with Gasteiger partial charge in [0.2, 0.25) is 0 Å². The maximum absolute atomic E-state index is 6.25. The Kier molecular flexibility index (Phi) is 2.34. The lowest BCUT2D eigenvalue weighted by atomic mass is 9.85. The second-order valence-corrected chi connectivity index (χ2v) is 4.72. The predicted octanol–water partition coefficient (Wildman–Crippen LogP) is 0.444. The largest absolute Gasteiger partial charge is 0.383 e. The van der Waals surface area contributed by atoms with Crippen molar-refractivity contribution in [1.82, 2.24) is 4.90 Å². The first kappa shape index (κ1) is 9.44. The summed E-state index contributed by atoms with van der Waals surface area (Å²) in [6.45, 7) is 5.17. The number of hydrogen-bond acceptors (Lipinski definition) is 3. The molecule has 0 amide bonds. The Hall–Kier alpha value is -0.120. The molecular weight excluding hydrogens is 164 g/mol. The van der Waals surface area contributed by atoms with Gasteiger partial charge >= 0.3 is 0 Å². The van der Waals surface area contributed by atoms with Gasteiger partial charge in [-0.2, -0.15) is 0 Å². The van der Waals surface area contributed by atoms with E-state index in [1.165, 1.54) is 12.8 Å². The van der Waals surface area contributed by atoms with Crippen LogP contribution in [0.15, 0.2) is 0 Å². The monoisotopic (exact) mass is 184 g/mol. The van der Waals surface area contributed by atoms with Crippen LogP contribution in [0.5, 0.6) is 0 Å². The van der Waals surface area contributed by atoms with E-state index in [1.807, 2.05) is 0 Å². The minimum Gasteiger partial charge on any atom is -0.383 e. The fourth-order valence-corrected chi connectivity index (χ4v) is 2.28. The fourth-order valence-electron chi connectivity index (χ4n) is 2.28. The fraction of sp³-hybridized carbons (Fsp3) is 1.00. The van der Waals surface area contributed by atoms with Crippen molar-refractivity contribution in [2.75, 3.05) is 26.8 Å². The minimum atomic E-state index is 0.155. The number of likely N-dealkylation sites (tertiary alicyclic amines) is 1. The van der Waals surface area contributed by atoms with Crippen molar-refractivity contribution in [2.24, 2.45) is 11.7 Å². The average molecular weight is 184 g/mol. The van der Waals surface area contributed by atoms with Crippen LogP contribution in [0, 0.1) is 5.92 Å². The molecule has 2 aliphatic rings. The van der Waals surface area contributed by atoms with Gasteiger partial charge in [-0.05, 0) is 25.7 Å². The summed E-state index contributed by atoms with van der Waals surface area (Å²) in [5.41, 5.74) is 6.40. The second-order valence-electron chi connectivity index (χ2n) is 4.72. The average Bonchev–Trinajstić information content (AvgIpc) is 2.81. The van der Waals surface area contributed by atoms with E-state index in [1.54, 1.807) is 7.11 Å². The van der Waals surface area contributed by atoms with Gasteiger partial charge in [0.25, 0.3) is 0 Å². The minimum absolute atomic E-state index is 0.155. The first-order valence-electron chi connectivity index (χ1n) is 5.17. The molecule has 1 atom stereocenters. The van der Waals surface area contributed by atoms with Gasteiger partial charge in [-0.25, -0.2) is 0 Å². The van der Waals surface area contributed by atoms with Crippen molar-refractivity contribution < 1.29 is 4.74 Å². The van der Waals surface area contributed by atoms with Gasteiger partial charge in [-0.15, -0.1) is 0 Å². The SMILES string of the molecule is COCC(C)N1CC(N)(C2CC2)C1. The Labute approximate surface area is 80.2 Å². The highest BCUT2D eigenvalue weighted by atomic mass is 16.5. The third kappa shape index (κ3) is 1.73. The lowest BCUT2D eigenvalue weighted by Crippen LogP contribution is -2.70. The molecule has 0 spiro atoms. The van der Waals surface area contributed by atoms with Crippen LogP contribution in [0.2, 0.25) is 0 Å². The molecular formula is C10H20N2O. The molecule has 3 nitrogen and oxygen atoms in total. The molecule has 1 unspecified atom stereocenters. The van der Waals surface area contributed by atoms with E-state index >= 15 is 0 Å². The van der Waals surface area contributed by atoms with Crippen molar-refractivity contribution >= 4 is 0 Å². The highest BCUT2D eigenvalue weighted by molar-refractivity contribution is 5.09. The number of ether oxygens (including phenoxy) is 1. The van der Waals surface area contributed by atoms with Crippen LogP contribution < -0.4 is 5.73 Å². The lowest BCUT2D eigenvalue weighted by Gasteiger charge is -2.51. The van der Waals surface area contributed by atoms with Crippen molar-refractivity contribution in [2.45, 2.75) is 31.3 Å². The van der Waals surface area contributed by atoms with E-state index in [2.05, 4.69) is 11.8 Å². The van der Waals surface area contributed by atoms with Crippen molar-refractivity contribution in [1.29, 1.82) is 0 Å². The van der Waals surface area contributed by atoms with Gasteiger partial charge < -0.3 is 10.5 Å². The molecule has 0 bridgehead atoms. The molecule has 1 saturated heterocycles. The molecule has 1 heterocycles. The van der Waals surface area contributed by atoms with Gasteiger partial charge in [0.1, 0.15) is 0 Å². The highest BCUT2D eigenvalue weighted by Crippen LogP contribution is 2.43. The number of rotatable bonds is 4. The summed E-state index contributed by atoms with van der Waals surface area (Å²) in [4.78, 5) is 2.42. The van der Waals surface area contributed by atoms with Crippen LogP contribution in [0.1, 0.15) is 19.8 Å². The zero-order chi connectivity index (χ0) is 9.47. The van der Waals surface area contributed by atoms with Gasteiger partial charge in [0.15, 0.2) is 0 Å². The Morgan fingerprint density at radius 2 is 2.15 bits per heavy atom. The van der Waals surface area contributed by atoms with Crippen LogP contribution in [0.4, 0.5) is 0 Å². The molecule has 13 heavy (non-hydrogen) atoms. The van der Waals surface area contributed by atoms with Crippen LogP contribution in [-0.4, -0.2) is 43.3 Å². The molecule has 2 N–H and O–H groups in total. The standard InChI is InChI=1S/C10H20N2O/c1-8(5-13-2)12-6-10(11,7-12)9-3-4-9/h8-9H,3-7,11H2,1-2H3. The molecule has 1 saturated carbocycles. The summed E-state index contributed by atoms with van der Waals surface area (Å²) >= 11 is 0. The topological polar surface area (TPSA) is 38.5 Å². The summed E-state index contributed by atoms with van der Waals surface area (Å²) in [7, 11) is 1.76. The molecule has 1 aliphatic heterocycles. The van der Waals surface area contributed by atoms with Crippen LogP contribution in [0.3, 0.4) is 0 Å². The summed E-state index contributed by atoms with van der Waals surface area (Å²) in [6, 6.07) is 0.528. The van der Waals surface area contributed by atoms with E-state index in [0.29, 0.717) is 6.04 Å². The van der Waals surface area contributed by atoms with E-state index in [0.717, 1.165) is 25.6 Å². The zero-order valence-electron chi connectivity index (χ0n) is 8.62. The molecule has 0 aromatic heterocycles. The van der Waals surface area contributed by atoms with Gasteiger partial charge in [-0.1, -0.05) is 0 Å². The van der Waals surface area contributed by atoms with E-state index < -0.39 is 0 Å². The lowest BCUT2D eigenvalue weighted by molar-refractivity contribution is -0.00620. The molecule has 0 radical (unpaired) electrons. The van der Waals surface area contributed by atoms with E-state index in [-0.39, 0.29) is 5.54 Å². The van der Waals surface area contributed by atoms with Gasteiger partial charge in [0, 0.05) is 31.8 Å².